The molecular weight excluding hydrogens is 415 g/mol. The van der Waals surface area contributed by atoms with Crippen molar-refractivity contribution in [1.29, 1.82) is 0 Å². The molecule has 4 rings (SSSR count). The van der Waals surface area contributed by atoms with Crippen molar-refractivity contribution in [3.8, 4) is 11.3 Å². The number of aryl methyl sites for hydroxylation is 1. The van der Waals surface area contributed by atoms with Crippen LogP contribution in [0.5, 0.6) is 0 Å². The summed E-state index contributed by atoms with van der Waals surface area (Å²) in [4.78, 5) is 3.75. The Balaban J connectivity index is 0.00000256. The Bertz CT molecular complexity index is 1070. The number of imidazole rings is 1. The Morgan fingerprint density at radius 2 is 1.83 bits per heavy atom. The standard InChI is InChI=1S/C22H20F3N3O.ClH/c1-15-8-10-16(11-9-15)19-13-27(21-7-4-12-28(19)21)14-20(29)26-18-6-3-2-5-17(18)22(23,24)25;/h2-3,5-6,8-11,13H,4,7,12,14H2,1H3;1H. The minimum Gasteiger partial charge on any atom is -0.859 e. The molecule has 0 saturated carbocycles. The van der Waals surface area contributed by atoms with Gasteiger partial charge in [0.1, 0.15) is 12.7 Å². The van der Waals surface area contributed by atoms with Crippen LogP contribution < -0.4 is 9.67 Å². The van der Waals surface area contributed by atoms with Crippen LogP contribution in [0.15, 0.2) is 59.7 Å². The molecule has 158 valence electrons. The number of halogens is 4. The van der Waals surface area contributed by atoms with Crippen molar-refractivity contribution in [3.05, 3.63) is 71.7 Å². The van der Waals surface area contributed by atoms with E-state index >= 15 is 0 Å². The minimum absolute atomic E-state index is 0. The van der Waals surface area contributed by atoms with Gasteiger partial charge in [0.05, 0.1) is 24.2 Å². The van der Waals surface area contributed by atoms with Gasteiger partial charge in [-0.15, -0.1) is 12.4 Å². The van der Waals surface area contributed by atoms with Crippen LogP contribution in [0, 0.1) is 6.92 Å². The van der Waals surface area contributed by atoms with Gasteiger partial charge in [-0.1, -0.05) is 42.0 Å². The van der Waals surface area contributed by atoms with Crippen LogP contribution in [0.2, 0.25) is 0 Å². The molecule has 0 bridgehead atoms. The summed E-state index contributed by atoms with van der Waals surface area (Å²) in [6, 6.07) is 13.0. The molecule has 0 fully saturated rings. The molecule has 2 aromatic carbocycles. The molecule has 0 spiro atoms. The molecule has 0 atom stereocenters. The summed E-state index contributed by atoms with van der Waals surface area (Å²) in [5.74, 6) is 0.385. The van der Waals surface area contributed by atoms with E-state index in [0.717, 1.165) is 48.1 Å². The van der Waals surface area contributed by atoms with Crippen LogP contribution in [-0.4, -0.2) is 10.5 Å². The Morgan fingerprint density at radius 1 is 1.13 bits per heavy atom. The van der Waals surface area contributed by atoms with E-state index in [1.165, 1.54) is 18.2 Å². The van der Waals surface area contributed by atoms with Crippen molar-refractivity contribution in [2.24, 2.45) is 4.99 Å². The fraction of sp³-hybridized carbons (Fsp3) is 0.273. The van der Waals surface area contributed by atoms with Crippen LogP contribution in [0.1, 0.15) is 23.4 Å². The minimum atomic E-state index is -4.55. The van der Waals surface area contributed by atoms with Gasteiger partial charge in [-0.25, -0.2) is 9.13 Å². The van der Waals surface area contributed by atoms with E-state index in [1.807, 2.05) is 42.0 Å². The third kappa shape index (κ3) is 4.36. The van der Waals surface area contributed by atoms with Gasteiger partial charge in [0.2, 0.25) is 0 Å². The molecule has 2 heterocycles. The zero-order chi connectivity index (χ0) is 20.6. The highest BCUT2D eigenvalue weighted by molar-refractivity contribution is 5.85. The molecule has 4 nitrogen and oxygen atoms in total. The van der Waals surface area contributed by atoms with Crippen molar-refractivity contribution in [2.45, 2.75) is 39.0 Å². The Kier molecular flexibility index (Phi) is 6.22. The average molecular weight is 436 g/mol. The van der Waals surface area contributed by atoms with Gasteiger partial charge in [-0.05, 0) is 25.5 Å². The molecule has 1 aliphatic rings. The van der Waals surface area contributed by atoms with E-state index in [4.69, 9.17) is 0 Å². The monoisotopic (exact) mass is 435 g/mol. The number of hydrogen-bond acceptors (Lipinski definition) is 2. The summed E-state index contributed by atoms with van der Waals surface area (Å²) < 4.78 is 43.4. The fourth-order valence-electron chi connectivity index (χ4n) is 3.73. The lowest BCUT2D eigenvalue weighted by atomic mass is 10.1. The maximum atomic E-state index is 13.1. The molecule has 0 saturated heterocycles. The maximum Gasteiger partial charge on any atom is 0.418 e. The number of fused-ring (bicyclic) bond motifs is 1. The number of rotatable bonds is 4. The smallest absolute Gasteiger partial charge is 0.418 e. The first-order chi connectivity index (χ1) is 13.8. The average Bonchev–Trinajstić information content (AvgIpc) is 3.26. The molecule has 8 heteroatoms. The number of aliphatic imine (C=N–C) groups is 1. The molecule has 0 N–H and O–H groups in total. The third-order valence-electron chi connectivity index (χ3n) is 5.10. The number of benzene rings is 2. The topological polar surface area (TPSA) is 44.2 Å². The zero-order valence-electron chi connectivity index (χ0n) is 16.3. The number of para-hydroxylation sites is 1. The fourth-order valence-corrected chi connectivity index (χ4v) is 3.73. The second kappa shape index (κ2) is 8.52. The lowest BCUT2D eigenvalue weighted by molar-refractivity contribution is -0.693. The van der Waals surface area contributed by atoms with Gasteiger partial charge in [-0.3, -0.25) is 4.99 Å². The van der Waals surface area contributed by atoms with Gasteiger partial charge in [-0.2, -0.15) is 13.2 Å². The maximum absolute atomic E-state index is 13.1. The summed E-state index contributed by atoms with van der Waals surface area (Å²) in [7, 11) is 0. The van der Waals surface area contributed by atoms with E-state index in [0.29, 0.717) is 0 Å². The molecule has 1 aromatic heterocycles. The first kappa shape index (κ1) is 21.9. The molecule has 0 unspecified atom stereocenters. The second-order valence-corrected chi connectivity index (χ2v) is 7.20. The summed E-state index contributed by atoms with van der Waals surface area (Å²) in [5.41, 5.74) is 1.96. The van der Waals surface area contributed by atoms with Crippen molar-refractivity contribution in [2.75, 3.05) is 0 Å². The quantitative estimate of drug-likeness (QED) is 0.343. The SMILES string of the molecule is Cc1ccc(-c2c[n+](CC([O-])=Nc3ccccc3C(F)(F)F)c3n2CCC3)cc1.Cl. The van der Waals surface area contributed by atoms with Crippen LogP contribution in [0.4, 0.5) is 18.9 Å². The number of aromatic nitrogens is 2. The summed E-state index contributed by atoms with van der Waals surface area (Å²) >= 11 is 0. The lowest BCUT2D eigenvalue weighted by Crippen LogP contribution is -2.43. The van der Waals surface area contributed by atoms with Crippen molar-refractivity contribution < 1.29 is 22.8 Å². The Morgan fingerprint density at radius 3 is 2.53 bits per heavy atom. The molecule has 0 aliphatic carbocycles. The lowest BCUT2D eigenvalue weighted by Gasteiger charge is -2.13. The molecule has 3 aromatic rings. The molecule has 0 radical (unpaired) electrons. The number of hydrogen-bond donors (Lipinski definition) is 0. The number of alkyl halides is 3. The van der Waals surface area contributed by atoms with E-state index in [2.05, 4.69) is 9.56 Å². The normalized spacial score (nSPS) is 13.8. The third-order valence-corrected chi connectivity index (χ3v) is 5.10. The van der Waals surface area contributed by atoms with Gasteiger partial charge in [0, 0.05) is 11.5 Å². The number of nitrogens with zero attached hydrogens (tertiary/aromatic N) is 3. The zero-order valence-corrected chi connectivity index (χ0v) is 17.1. The van der Waals surface area contributed by atoms with Gasteiger partial charge >= 0.3 is 6.18 Å². The highest BCUT2D eigenvalue weighted by atomic mass is 35.5. The van der Waals surface area contributed by atoms with Crippen molar-refractivity contribution in [1.82, 2.24) is 4.57 Å². The summed E-state index contributed by atoms with van der Waals surface area (Å²) in [6.07, 6.45) is -0.874. The van der Waals surface area contributed by atoms with Crippen LogP contribution in [-0.2, 0) is 25.7 Å². The van der Waals surface area contributed by atoms with E-state index in [9.17, 15) is 18.3 Å². The highest BCUT2D eigenvalue weighted by Crippen LogP contribution is 2.36. The van der Waals surface area contributed by atoms with Crippen molar-refractivity contribution in [3.63, 3.8) is 0 Å². The van der Waals surface area contributed by atoms with Crippen LogP contribution >= 0.6 is 12.4 Å². The van der Waals surface area contributed by atoms with Gasteiger partial charge in [0.25, 0.3) is 5.82 Å². The predicted molar refractivity (Wildman–Crippen MR) is 109 cm³/mol. The van der Waals surface area contributed by atoms with E-state index < -0.39 is 17.6 Å². The van der Waals surface area contributed by atoms with Crippen molar-refractivity contribution >= 4 is 24.0 Å². The first-order valence-electron chi connectivity index (χ1n) is 9.42. The van der Waals surface area contributed by atoms with E-state index in [1.54, 1.807) is 0 Å². The van der Waals surface area contributed by atoms with Gasteiger partial charge in [0.15, 0.2) is 5.69 Å². The Hall–Kier alpha value is -2.80. The first-order valence-corrected chi connectivity index (χ1v) is 9.42. The molecule has 30 heavy (non-hydrogen) atoms. The molecule has 1 aliphatic heterocycles. The van der Waals surface area contributed by atoms with Crippen LogP contribution in [0.3, 0.4) is 0 Å². The highest BCUT2D eigenvalue weighted by Gasteiger charge is 2.33. The second-order valence-electron chi connectivity index (χ2n) is 7.20. The molecule has 0 amide bonds. The molecular formula is C22H21ClF3N3O. The van der Waals surface area contributed by atoms with Gasteiger partial charge < -0.3 is 5.11 Å². The van der Waals surface area contributed by atoms with E-state index in [-0.39, 0.29) is 24.6 Å². The summed E-state index contributed by atoms with van der Waals surface area (Å²) in [5, 5.41) is 12.5. The van der Waals surface area contributed by atoms with Crippen LogP contribution in [0.25, 0.3) is 11.3 Å². The Labute approximate surface area is 178 Å². The largest absolute Gasteiger partial charge is 0.859 e. The predicted octanol–water partition coefficient (Wildman–Crippen LogP) is 4.23. The summed E-state index contributed by atoms with van der Waals surface area (Å²) in [6.45, 7) is 2.78.